The van der Waals surface area contributed by atoms with Crippen LogP contribution in [0.25, 0.3) is 0 Å². The summed E-state index contributed by atoms with van der Waals surface area (Å²) in [6.07, 6.45) is 0. The van der Waals surface area contributed by atoms with E-state index < -0.39 is 5.97 Å². The molecule has 0 aromatic heterocycles. The van der Waals surface area contributed by atoms with Gasteiger partial charge >= 0.3 is 5.97 Å². The molecule has 0 aliphatic rings. The first-order valence-corrected chi connectivity index (χ1v) is 5.67. The number of nitrogens with one attached hydrogen (secondary N) is 1. The summed E-state index contributed by atoms with van der Waals surface area (Å²) in [4.78, 5) is 24.3. The van der Waals surface area contributed by atoms with E-state index in [4.69, 9.17) is 5.11 Å². The Balaban J connectivity index is 2.97. The average Bonchev–Trinajstić information content (AvgIpc) is 2.19. The number of hydrogen-bond acceptors (Lipinski definition) is 3. The van der Waals surface area contributed by atoms with Gasteiger partial charge in [0.15, 0.2) is 0 Å². The molecule has 0 unspecified atom stereocenters. The van der Waals surface area contributed by atoms with Gasteiger partial charge in [0.25, 0.3) is 0 Å². The second kappa shape index (κ2) is 5.79. The normalized spacial score (nSPS) is 10.4. The highest BCUT2D eigenvalue weighted by atomic mass is 79.9. The van der Waals surface area contributed by atoms with Crippen molar-refractivity contribution in [2.75, 3.05) is 26.0 Å². The highest BCUT2D eigenvalue weighted by molar-refractivity contribution is 9.10. The highest BCUT2D eigenvalue weighted by Crippen LogP contribution is 2.26. The van der Waals surface area contributed by atoms with Crippen molar-refractivity contribution in [1.29, 1.82) is 0 Å². The maximum atomic E-state index is 11.6. The third-order valence-corrected chi connectivity index (χ3v) is 2.63. The molecule has 0 spiro atoms. The number of carbonyl (C=O) groups is 2. The van der Waals surface area contributed by atoms with Crippen LogP contribution in [0.1, 0.15) is 10.4 Å². The van der Waals surface area contributed by atoms with Crippen molar-refractivity contribution in [3.05, 3.63) is 28.2 Å². The summed E-state index contributed by atoms with van der Waals surface area (Å²) in [6, 6.07) is 4.73. The fraction of sp³-hybridized carbons (Fsp3) is 0.273. The molecule has 1 rings (SSSR count). The molecule has 0 aliphatic carbocycles. The Kier molecular flexibility index (Phi) is 4.65. The maximum absolute atomic E-state index is 11.6. The van der Waals surface area contributed by atoms with Crippen LogP contribution in [-0.2, 0) is 4.79 Å². The Morgan fingerprint density at radius 3 is 2.59 bits per heavy atom. The first kappa shape index (κ1) is 13.7. The molecule has 0 heterocycles. The molecule has 0 radical (unpaired) electrons. The number of carboxylic acid groups (broad SMARTS) is 1. The van der Waals surface area contributed by atoms with E-state index in [0.717, 1.165) is 0 Å². The molecule has 5 nitrogen and oxygen atoms in total. The quantitative estimate of drug-likeness (QED) is 0.887. The molecular weight excluding hydrogens is 288 g/mol. The van der Waals surface area contributed by atoms with Crippen LogP contribution in [0.5, 0.6) is 0 Å². The number of likely N-dealkylation sites (N-methyl/N-ethyl adjacent to an activating group) is 1. The fourth-order valence-corrected chi connectivity index (χ4v) is 1.76. The number of carboxylic acids is 1. The lowest BCUT2D eigenvalue weighted by Crippen LogP contribution is -2.27. The summed E-state index contributed by atoms with van der Waals surface area (Å²) < 4.78 is 0.546. The fourth-order valence-electron chi connectivity index (χ4n) is 1.30. The minimum Gasteiger partial charge on any atom is -0.478 e. The van der Waals surface area contributed by atoms with Crippen molar-refractivity contribution < 1.29 is 14.7 Å². The zero-order chi connectivity index (χ0) is 13.0. The molecule has 17 heavy (non-hydrogen) atoms. The molecule has 1 aromatic carbocycles. The number of carbonyl (C=O) groups excluding carboxylic acids is 1. The molecular formula is C11H13BrN2O3. The number of amides is 1. The number of halogens is 1. The molecule has 92 valence electrons. The molecule has 0 bridgehead atoms. The van der Waals surface area contributed by atoms with E-state index in [9.17, 15) is 9.59 Å². The lowest BCUT2D eigenvalue weighted by molar-refractivity contribution is -0.116. The molecule has 0 aliphatic heterocycles. The van der Waals surface area contributed by atoms with Gasteiger partial charge in [0.1, 0.15) is 0 Å². The van der Waals surface area contributed by atoms with Crippen LogP contribution in [0.4, 0.5) is 5.69 Å². The van der Waals surface area contributed by atoms with E-state index in [0.29, 0.717) is 4.47 Å². The smallest absolute Gasteiger partial charge is 0.337 e. The standard InChI is InChI=1S/C11H13BrN2O3/c1-14(2)6-9(15)13-10-7(11(16)17)4-3-5-8(10)12/h3-5H,6H2,1-2H3,(H,13,15)(H,16,17). The number of hydrogen-bond donors (Lipinski definition) is 2. The second-order valence-electron chi connectivity index (χ2n) is 3.75. The molecule has 2 N–H and O–H groups in total. The van der Waals surface area contributed by atoms with Crippen LogP contribution in [0.15, 0.2) is 22.7 Å². The Labute approximate surface area is 108 Å². The highest BCUT2D eigenvalue weighted by Gasteiger charge is 2.15. The zero-order valence-electron chi connectivity index (χ0n) is 9.53. The van der Waals surface area contributed by atoms with Crippen LogP contribution >= 0.6 is 15.9 Å². The molecule has 0 saturated heterocycles. The number of benzene rings is 1. The summed E-state index contributed by atoms with van der Waals surface area (Å²) in [7, 11) is 3.52. The zero-order valence-corrected chi connectivity index (χ0v) is 11.1. The number of anilines is 1. The number of nitrogens with zero attached hydrogens (tertiary/aromatic N) is 1. The summed E-state index contributed by atoms with van der Waals surface area (Å²) >= 11 is 3.22. The van der Waals surface area contributed by atoms with Crippen molar-refractivity contribution in [3.63, 3.8) is 0 Å². The lowest BCUT2D eigenvalue weighted by Gasteiger charge is -2.13. The van der Waals surface area contributed by atoms with E-state index >= 15 is 0 Å². The average molecular weight is 301 g/mol. The molecule has 6 heteroatoms. The van der Waals surface area contributed by atoms with E-state index in [-0.39, 0.29) is 23.7 Å². The number of aromatic carboxylic acids is 1. The third kappa shape index (κ3) is 3.83. The van der Waals surface area contributed by atoms with Gasteiger partial charge < -0.3 is 15.3 Å². The van der Waals surface area contributed by atoms with Crippen molar-refractivity contribution in [2.24, 2.45) is 0 Å². The first-order valence-electron chi connectivity index (χ1n) is 4.88. The number of para-hydroxylation sites is 1. The Morgan fingerprint density at radius 2 is 2.06 bits per heavy atom. The van der Waals surface area contributed by atoms with Crippen LogP contribution < -0.4 is 5.32 Å². The second-order valence-corrected chi connectivity index (χ2v) is 4.61. The van der Waals surface area contributed by atoms with Crippen molar-refractivity contribution in [3.8, 4) is 0 Å². The van der Waals surface area contributed by atoms with E-state index in [1.807, 2.05) is 0 Å². The summed E-state index contributed by atoms with van der Waals surface area (Å²) in [5, 5.41) is 11.6. The molecule has 0 atom stereocenters. The summed E-state index contributed by atoms with van der Waals surface area (Å²) in [6.45, 7) is 0.195. The van der Waals surface area contributed by atoms with Gasteiger partial charge in [-0.1, -0.05) is 6.07 Å². The van der Waals surface area contributed by atoms with Crippen molar-refractivity contribution in [1.82, 2.24) is 4.90 Å². The van der Waals surface area contributed by atoms with Gasteiger partial charge in [0.2, 0.25) is 5.91 Å². The monoisotopic (exact) mass is 300 g/mol. The van der Waals surface area contributed by atoms with E-state index in [2.05, 4.69) is 21.2 Å². The van der Waals surface area contributed by atoms with Crippen LogP contribution in [0, 0.1) is 0 Å². The largest absolute Gasteiger partial charge is 0.478 e. The first-order chi connectivity index (χ1) is 7.91. The predicted octanol–water partition coefficient (Wildman–Crippen LogP) is 1.65. The Morgan fingerprint density at radius 1 is 1.41 bits per heavy atom. The van der Waals surface area contributed by atoms with Gasteiger partial charge in [0, 0.05) is 4.47 Å². The van der Waals surface area contributed by atoms with Crippen molar-refractivity contribution in [2.45, 2.75) is 0 Å². The minimum absolute atomic E-state index is 0.0616. The van der Waals surface area contributed by atoms with Crippen LogP contribution in [0.3, 0.4) is 0 Å². The molecule has 1 amide bonds. The Hall–Kier alpha value is -1.40. The van der Waals surface area contributed by atoms with Crippen LogP contribution in [-0.4, -0.2) is 42.5 Å². The van der Waals surface area contributed by atoms with Gasteiger partial charge in [-0.2, -0.15) is 0 Å². The SMILES string of the molecule is CN(C)CC(=O)Nc1c(Br)cccc1C(=O)O. The maximum Gasteiger partial charge on any atom is 0.337 e. The van der Waals surface area contributed by atoms with Gasteiger partial charge in [-0.15, -0.1) is 0 Å². The van der Waals surface area contributed by atoms with E-state index in [1.54, 1.807) is 31.1 Å². The molecule has 0 saturated carbocycles. The number of rotatable bonds is 4. The van der Waals surface area contributed by atoms with Gasteiger partial charge in [-0.3, -0.25) is 4.79 Å². The minimum atomic E-state index is -1.08. The lowest BCUT2D eigenvalue weighted by atomic mass is 10.2. The van der Waals surface area contributed by atoms with Gasteiger partial charge in [0.05, 0.1) is 17.8 Å². The third-order valence-electron chi connectivity index (χ3n) is 1.97. The summed E-state index contributed by atoms with van der Waals surface area (Å²) in [5.41, 5.74) is 0.346. The summed E-state index contributed by atoms with van der Waals surface area (Å²) in [5.74, 6) is -1.34. The van der Waals surface area contributed by atoms with E-state index in [1.165, 1.54) is 6.07 Å². The molecule has 1 aromatic rings. The topological polar surface area (TPSA) is 69.6 Å². The Bertz CT molecular complexity index is 446. The van der Waals surface area contributed by atoms with Gasteiger partial charge in [-0.05, 0) is 42.2 Å². The van der Waals surface area contributed by atoms with Gasteiger partial charge in [-0.25, -0.2) is 4.79 Å². The predicted molar refractivity (Wildman–Crippen MR) is 68.3 cm³/mol. The molecule has 0 fully saturated rings. The van der Waals surface area contributed by atoms with Crippen LogP contribution in [0.2, 0.25) is 0 Å². The van der Waals surface area contributed by atoms with Crippen molar-refractivity contribution >= 4 is 33.5 Å².